The van der Waals surface area contributed by atoms with Crippen molar-refractivity contribution in [3.63, 3.8) is 0 Å². The maximum absolute atomic E-state index is 12.4. The van der Waals surface area contributed by atoms with Crippen LogP contribution in [0.1, 0.15) is 12.8 Å². The highest BCUT2D eigenvalue weighted by atomic mass is 32.2. The van der Waals surface area contributed by atoms with Crippen molar-refractivity contribution >= 4 is 42.8 Å². The largest absolute Gasteiger partial charge is 0.347 e. The fraction of sp³-hybridized carbons (Fsp3) is 0.263. The number of hydrogen-bond acceptors (Lipinski definition) is 7. The first kappa shape index (κ1) is 18.7. The van der Waals surface area contributed by atoms with Gasteiger partial charge in [0.2, 0.25) is 20.1 Å². The quantitative estimate of drug-likeness (QED) is 0.509. The summed E-state index contributed by atoms with van der Waals surface area (Å²) < 4.78 is 29.9. The van der Waals surface area contributed by atoms with Gasteiger partial charge in [-0.2, -0.15) is 0 Å². The van der Waals surface area contributed by atoms with Crippen LogP contribution in [0.3, 0.4) is 0 Å². The van der Waals surface area contributed by atoms with Gasteiger partial charge >= 0.3 is 0 Å². The van der Waals surface area contributed by atoms with Gasteiger partial charge < -0.3 is 4.90 Å². The monoisotopic (exact) mass is 445 g/mol. The lowest BCUT2D eigenvalue weighted by Crippen LogP contribution is -2.44. The molecule has 0 atom stereocenters. The van der Waals surface area contributed by atoms with Gasteiger partial charge in [0, 0.05) is 24.7 Å². The summed E-state index contributed by atoms with van der Waals surface area (Å²) in [4.78, 5) is 7.76. The van der Waals surface area contributed by atoms with Crippen LogP contribution in [0, 0.1) is 0 Å². The van der Waals surface area contributed by atoms with E-state index in [1.807, 2.05) is 41.0 Å². The number of fused-ring (bicyclic) bond motifs is 1. The molecule has 1 aromatic carbocycles. The molecule has 7 nitrogen and oxygen atoms in total. The van der Waals surface area contributed by atoms with Crippen LogP contribution in [0.2, 0.25) is 0 Å². The van der Waals surface area contributed by atoms with Gasteiger partial charge in [-0.25, -0.2) is 22.6 Å². The summed E-state index contributed by atoms with van der Waals surface area (Å²) in [6.07, 6.45) is 3.45. The maximum atomic E-state index is 12.4. The number of piperidine rings is 1. The van der Waals surface area contributed by atoms with Gasteiger partial charge in [-0.05, 0) is 24.3 Å². The summed E-state index contributed by atoms with van der Waals surface area (Å²) >= 11 is 2.80. The van der Waals surface area contributed by atoms with Gasteiger partial charge in [0.1, 0.15) is 4.21 Å². The van der Waals surface area contributed by atoms with E-state index in [0.717, 1.165) is 47.3 Å². The van der Waals surface area contributed by atoms with Crippen molar-refractivity contribution in [3.8, 4) is 11.3 Å². The first-order valence-electron chi connectivity index (χ1n) is 9.31. The molecule has 0 saturated carbocycles. The van der Waals surface area contributed by atoms with E-state index in [4.69, 9.17) is 4.98 Å². The lowest BCUT2D eigenvalue weighted by atomic mass is 10.1. The van der Waals surface area contributed by atoms with Gasteiger partial charge in [-0.15, -0.1) is 16.4 Å². The topological polar surface area (TPSA) is 79.6 Å². The molecule has 1 saturated heterocycles. The van der Waals surface area contributed by atoms with Crippen LogP contribution < -0.4 is 9.62 Å². The van der Waals surface area contributed by atoms with E-state index >= 15 is 0 Å². The van der Waals surface area contributed by atoms with Crippen LogP contribution >= 0.6 is 22.7 Å². The number of imidazole rings is 1. The Morgan fingerprint density at radius 3 is 2.55 bits per heavy atom. The number of sulfonamides is 1. The summed E-state index contributed by atoms with van der Waals surface area (Å²) in [7, 11) is -3.42. The number of benzene rings is 1. The van der Waals surface area contributed by atoms with Crippen molar-refractivity contribution < 1.29 is 8.42 Å². The Balaban J connectivity index is 1.25. The molecule has 1 fully saturated rings. The van der Waals surface area contributed by atoms with Crippen LogP contribution in [-0.2, 0) is 10.0 Å². The zero-order valence-electron chi connectivity index (χ0n) is 15.4. The molecule has 3 aromatic heterocycles. The SMILES string of the molecule is O=S(=O)(NC1CCN(c2nn3cc(-c4ccccc4)nc3s2)CC1)c1cccs1. The summed E-state index contributed by atoms with van der Waals surface area (Å²) in [6.45, 7) is 1.53. The van der Waals surface area contributed by atoms with Crippen molar-refractivity contribution in [2.24, 2.45) is 0 Å². The fourth-order valence-electron chi connectivity index (χ4n) is 3.45. The van der Waals surface area contributed by atoms with E-state index in [9.17, 15) is 8.42 Å². The number of hydrogen-bond donors (Lipinski definition) is 1. The predicted octanol–water partition coefficient (Wildman–Crippen LogP) is 3.47. The van der Waals surface area contributed by atoms with Crippen molar-refractivity contribution in [1.29, 1.82) is 0 Å². The highest BCUT2D eigenvalue weighted by Gasteiger charge is 2.26. The fourth-order valence-corrected chi connectivity index (χ4v) is 6.70. The van der Waals surface area contributed by atoms with Gasteiger partial charge in [0.15, 0.2) is 0 Å². The van der Waals surface area contributed by atoms with Gasteiger partial charge in [-0.3, -0.25) is 0 Å². The number of thiophene rings is 1. The molecule has 1 aliphatic rings. The number of rotatable bonds is 5. The summed E-state index contributed by atoms with van der Waals surface area (Å²) in [5, 5.41) is 7.38. The summed E-state index contributed by atoms with van der Waals surface area (Å²) in [5.74, 6) is 0. The molecule has 0 aliphatic carbocycles. The molecule has 0 unspecified atom stereocenters. The third kappa shape index (κ3) is 3.80. The Labute approximate surface area is 176 Å². The molecule has 4 aromatic rings. The lowest BCUT2D eigenvalue weighted by Gasteiger charge is -2.31. The Bertz CT molecular complexity index is 1180. The number of aromatic nitrogens is 3. The first-order chi connectivity index (χ1) is 14.1. The Morgan fingerprint density at radius 2 is 1.86 bits per heavy atom. The van der Waals surface area contributed by atoms with Crippen LogP contribution in [0.25, 0.3) is 16.2 Å². The molecular formula is C19H19N5O2S3. The molecule has 0 spiro atoms. The van der Waals surface area contributed by atoms with Crippen LogP contribution in [-0.4, -0.2) is 42.1 Å². The molecule has 29 heavy (non-hydrogen) atoms. The second-order valence-corrected chi connectivity index (χ2v) is 10.7. The standard InChI is InChI=1S/C19H19N5O2S3/c25-29(26,17-7-4-12-27-17)22-15-8-10-23(11-9-15)19-21-24-13-16(20-18(24)28-19)14-5-2-1-3-6-14/h1-7,12-13,15,22H,8-11H2. The number of anilines is 1. The van der Waals surface area contributed by atoms with Crippen molar-refractivity contribution in [2.75, 3.05) is 18.0 Å². The number of nitrogens with zero attached hydrogens (tertiary/aromatic N) is 4. The zero-order chi connectivity index (χ0) is 19.8. The minimum Gasteiger partial charge on any atom is -0.347 e. The van der Waals surface area contributed by atoms with Crippen LogP contribution in [0.15, 0.2) is 58.3 Å². The van der Waals surface area contributed by atoms with Crippen molar-refractivity contribution in [2.45, 2.75) is 23.1 Å². The number of nitrogens with one attached hydrogen (secondary N) is 1. The van der Waals surface area contributed by atoms with Gasteiger partial charge in [-0.1, -0.05) is 47.7 Å². The van der Waals surface area contributed by atoms with Crippen molar-refractivity contribution in [3.05, 3.63) is 54.0 Å². The molecule has 10 heteroatoms. The minimum absolute atomic E-state index is 0.0490. The van der Waals surface area contributed by atoms with E-state index < -0.39 is 10.0 Å². The van der Waals surface area contributed by atoms with E-state index in [-0.39, 0.29) is 6.04 Å². The first-order valence-corrected chi connectivity index (χ1v) is 12.5. The molecular weight excluding hydrogens is 426 g/mol. The van der Waals surface area contributed by atoms with Crippen LogP contribution in [0.5, 0.6) is 0 Å². The Kier molecular flexibility index (Phi) is 4.86. The average Bonchev–Trinajstić information content (AvgIpc) is 3.45. The molecule has 0 bridgehead atoms. The van der Waals surface area contributed by atoms with E-state index in [0.29, 0.717) is 4.21 Å². The highest BCUT2D eigenvalue weighted by Crippen LogP contribution is 2.29. The van der Waals surface area contributed by atoms with E-state index in [2.05, 4.69) is 14.7 Å². The third-order valence-corrected chi connectivity index (χ3v) is 8.85. The average molecular weight is 446 g/mol. The molecule has 1 N–H and O–H groups in total. The van der Waals surface area contributed by atoms with Crippen LogP contribution in [0.4, 0.5) is 5.13 Å². The van der Waals surface area contributed by atoms with E-state index in [1.165, 1.54) is 11.3 Å². The van der Waals surface area contributed by atoms with Crippen molar-refractivity contribution in [1.82, 2.24) is 19.3 Å². The molecule has 4 heterocycles. The third-order valence-electron chi connectivity index (χ3n) is 4.95. The zero-order valence-corrected chi connectivity index (χ0v) is 17.9. The predicted molar refractivity (Wildman–Crippen MR) is 116 cm³/mol. The second-order valence-electron chi connectivity index (χ2n) is 6.92. The molecule has 0 radical (unpaired) electrons. The second kappa shape index (κ2) is 7.52. The Morgan fingerprint density at radius 1 is 1.07 bits per heavy atom. The Hall–Kier alpha value is -2.27. The lowest BCUT2D eigenvalue weighted by molar-refractivity contribution is 0.459. The molecule has 5 rings (SSSR count). The minimum atomic E-state index is -3.42. The molecule has 1 aliphatic heterocycles. The highest BCUT2D eigenvalue weighted by molar-refractivity contribution is 7.91. The molecule has 150 valence electrons. The van der Waals surface area contributed by atoms with Gasteiger partial charge in [0.25, 0.3) is 0 Å². The summed E-state index contributed by atoms with van der Waals surface area (Å²) in [6, 6.07) is 13.4. The smallest absolute Gasteiger partial charge is 0.250 e. The maximum Gasteiger partial charge on any atom is 0.250 e. The molecule has 0 amide bonds. The van der Waals surface area contributed by atoms with Gasteiger partial charge in [0.05, 0.1) is 11.9 Å². The normalized spacial score (nSPS) is 15.9. The summed E-state index contributed by atoms with van der Waals surface area (Å²) in [5.41, 5.74) is 1.99. The van der Waals surface area contributed by atoms with E-state index in [1.54, 1.807) is 28.8 Å².